The van der Waals surface area contributed by atoms with E-state index in [1.807, 2.05) is 49.7 Å². The van der Waals surface area contributed by atoms with Gasteiger partial charge in [0.25, 0.3) is 0 Å². The maximum absolute atomic E-state index is 11.7. The van der Waals surface area contributed by atoms with Gasteiger partial charge in [0.2, 0.25) is 0 Å². The molecule has 0 saturated heterocycles. The number of imidazole rings is 1. The van der Waals surface area contributed by atoms with Crippen molar-refractivity contribution in [3.63, 3.8) is 0 Å². The Labute approximate surface area is 101 Å². The van der Waals surface area contributed by atoms with Gasteiger partial charge in [-0.2, -0.15) is 0 Å². The van der Waals surface area contributed by atoms with Crippen molar-refractivity contribution < 1.29 is 4.79 Å². The lowest BCUT2D eigenvalue weighted by Gasteiger charge is -1.99. The number of aromatic nitrogens is 2. The van der Waals surface area contributed by atoms with Crippen molar-refractivity contribution in [3.8, 4) is 0 Å². The summed E-state index contributed by atoms with van der Waals surface area (Å²) >= 11 is 0. The molecule has 0 saturated carbocycles. The lowest BCUT2D eigenvalue weighted by molar-refractivity contribution is -0.114. The zero-order valence-electron chi connectivity index (χ0n) is 10.4. The van der Waals surface area contributed by atoms with Crippen molar-refractivity contribution in [2.45, 2.75) is 20.3 Å². The summed E-state index contributed by atoms with van der Waals surface area (Å²) in [6.45, 7) is 3.85. The van der Waals surface area contributed by atoms with Crippen LogP contribution in [0.3, 0.4) is 0 Å². The third-order valence-corrected chi connectivity index (χ3v) is 2.66. The predicted molar refractivity (Wildman–Crippen MR) is 68.9 cm³/mol. The second-order valence-electron chi connectivity index (χ2n) is 4.44. The molecule has 0 unspecified atom stereocenters. The molecule has 1 aromatic carbocycles. The minimum absolute atomic E-state index is 0.100. The number of aryl methyl sites for hydroxylation is 1. The summed E-state index contributed by atoms with van der Waals surface area (Å²) in [7, 11) is 1.94. The van der Waals surface area contributed by atoms with Crippen LogP contribution in [-0.4, -0.2) is 15.3 Å². The van der Waals surface area contributed by atoms with E-state index < -0.39 is 0 Å². The molecular formula is C14H16N2O. The number of carbonyl (C=O) groups is 1. The topological polar surface area (TPSA) is 34.9 Å². The molecule has 1 aromatic heterocycles. The fourth-order valence-electron chi connectivity index (χ4n) is 1.88. The van der Waals surface area contributed by atoms with E-state index in [1.165, 1.54) is 0 Å². The van der Waals surface area contributed by atoms with Crippen LogP contribution in [0.25, 0.3) is 11.0 Å². The van der Waals surface area contributed by atoms with E-state index in [0.717, 1.165) is 22.4 Å². The predicted octanol–water partition coefficient (Wildman–Crippen LogP) is 2.65. The molecular weight excluding hydrogens is 212 g/mol. The van der Waals surface area contributed by atoms with Gasteiger partial charge in [0, 0.05) is 7.05 Å². The van der Waals surface area contributed by atoms with Crippen LogP contribution >= 0.6 is 0 Å². The third-order valence-electron chi connectivity index (χ3n) is 2.66. The number of hydrogen-bond donors (Lipinski definition) is 0. The van der Waals surface area contributed by atoms with Crippen LogP contribution in [0.1, 0.15) is 19.7 Å². The molecule has 0 atom stereocenters. The van der Waals surface area contributed by atoms with Gasteiger partial charge in [-0.25, -0.2) is 4.98 Å². The van der Waals surface area contributed by atoms with Crippen molar-refractivity contribution in [1.29, 1.82) is 0 Å². The number of hydrogen-bond acceptors (Lipinski definition) is 2. The Kier molecular flexibility index (Phi) is 3.09. The first-order valence-corrected chi connectivity index (χ1v) is 5.66. The first-order valence-electron chi connectivity index (χ1n) is 5.66. The molecule has 0 aliphatic heterocycles. The van der Waals surface area contributed by atoms with Gasteiger partial charge in [-0.3, -0.25) is 4.79 Å². The molecule has 0 N–H and O–H groups in total. The number of para-hydroxylation sites is 2. The number of fused-ring (bicyclic) bond motifs is 1. The second kappa shape index (κ2) is 4.53. The van der Waals surface area contributed by atoms with E-state index >= 15 is 0 Å². The first kappa shape index (κ1) is 11.6. The highest BCUT2D eigenvalue weighted by molar-refractivity contribution is 5.92. The van der Waals surface area contributed by atoms with Gasteiger partial charge >= 0.3 is 0 Å². The first-order chi connectivity index (χ1) is 8.08. The molecule has 0 spiro atoms. The second-order valence-corrected chi connectivity index (χ2v) is 4.44. The molecule has 0 bridgehead atoms. The minimum atomic E-state index is 0.100. The highest BCUT2D eigenvalue weighted by Gasteiger charge is 2.09. The van der Waals surface area contributed by atoms with Crippen molar-refractivity contribution >= 4 is 16.8 Å². The van der Waals surface area contributed by atoms with E-state index in [4.69, 9.17) is 0 Å². The molecule has 0 aliphatic rings. The molecule has 17 heavy (non-hydrogen) atoms. The summed E-state index contributed by atoms with van der Waals surface area (Å²) in [5.74, 6) is 0.914. The normalized spacial score (nSPS) is 10.5. The molecule has 0 radical (unpaired) electrons. The van der Waals surface area contributed by atoms with Crippen molar-refractivity contribution in [1.82, 2.24) is 9.55 Å². The molecule has 3 heteroatoms. The Bertz CT molecular complexity index is 589. The Hall–Kier alpha value is -1.90. The third kappa shape index (κ3) is 2.44. The largest absolute Gasteiger partial charge is 0.331 e. The fraction of sp³-hybridized carbons (Fsp3) is 0.286. The quantitative estimate of drug-likeness (QED) is 0.757. The molecule has 0 aliphatic carbocycles. The molecule has 0 amide bonds. The summed E-state index contributed by atoms with van der Waals surface area (Å²) in [5, 5.41) is 0. The summed E-state index contributed by atoms with van der Waals surface area (Å²) in [6, 6.07) is 7.91. The lowest BCUT2D eigenvalue weighted by Crippen LogP contribution is -2.05. The Morgan fingerprint density at radius 2 is 2.06 bits per heavy atom. The van der Waals surface area contributed by atoms with E-state index in [1.54, 1.807) is 6.08 Å². The van der Waals surface area contributed by atoms with Crippen LogP contribution in [0.5, 0.6) is 0 Å². The Balaban J connectivity index is 2.34. The summed E-state index contributed by atoms with van der Waals surface area (Å²) in [4.78, 5) is 16.2. The van der Waals surface area contributed by atoms with E-state index in [0.29, 0.717) is 6.42 Å². The van der Waals surface area contributed by atoms with Crippen molar-refractivity contribution in [3.05, 3.63) is 41.7 Å². The van der Waals surface area contributed by atoms with Gasteiger partial charge in [-0.05, 0) is 32.1 Å². The van der Waals surface area contributed by atoms with E-state index in [9.17, 15) is 4.79 Å². The molecule has 88 valence electrons. The molecule has 2 aromatic rings. The Morgan fingerprint density at radius 1 is 1.35 bits per heavy atom. The maximum atomic E-state index is 11.7. The monoisotopic (exact) mass is 228 g/mol. The molecule has 2 rings (SSSR count). The summed E-state index contributed by atoms with van der Waals surface area (Å²) in [6.07, 6.45) is 2.02. The zero-order chi connectivity index (χ0) is 12.4. The van der Waals surface area contributed by atoms with Gasteiger partial charge in [0.15, 0.2) is 5.78 Å². The highest BCUT2D eigenvalue weighted by Crippen LogP contribution is 2.14. The number of ketones is 1. The van der Waals surface area contributed by atoms with E-state index in [2.05, 4.69) is 4.98 Å². The fourth-order valence-corrected chi connectivity index (χ4v) is 1.88. The SMILES string of the molecule is CC(C)=CC(=O)Cc1nc2ccccc2n1C. The molecule has 3 nitrogen and oxygen atoms in total. The zero-order valence-corrected chi connectivity index (χ0v) is 10.4. The number of allylic oxidation sites excluding steroid dienone is 2. The van der Waals surface area contributed by atoms with E-state index in [-0.39, 0.29) is 5.78 Å². The van der Waals surface area contributed by atoms with Crippen LogP contribution in [0, 0.1) is 0 Å². The van der Waals surface area contributed by atoms with Gasteiger partial charge in [0.1, 0.15) is 5.82 Å². The number of nitrogens with zero attached hydrogens (tertiary/aromatic N) is 2. The maximum Gasteiger partial charge on any atom is 0.163 e. The molecule has 0 fully saturated rings. The average molecular weight is 228 g/mol. The van der Waals surface area contributed by atoms with Crippen LogP contribution in [0.2, 0.25) is 0 Å². The lowest BCUT2D eigenvalue weighted by atomic mass is 10.2. The van der Waals surface area contributed by atoms with Crippen LogP contribution in [0.15, 0.2) is 35.9 Å². The number of benzene rings is 1. The van der Waals surface area contributed by atoms with Crippen molar-refractivity contribution in [2.24, 2.45) is 7.05 Å². The number of carbonyl (C=O) groups excluding carboxylic acids is 1. The van der Waals surface area contributed by atoms with Gasteiger partial charge in [0.05, 0.1) is 17.5 Å². The van der Waals surface area contributed by atoms with Crippen molar-refractivity contribution in [2.75, 3.05) is 0 Å². The minimum Gasteiger partial charge on any atom is -0.331 e. The van der Waals surface area contributed by atoms with Crippen LogP contribution < -0.4 is 0 Å². The summed E-state index contributed by atoms with van der Waals surface area (Å²) in [5.41, 5.74) is 3.02. The van der Waals surface area contributed by atoms with Crippen LogP contribution in [0.4, 0.5) is 0 Å². The Morgan fingerprint density at radius 3 is 2.71 bits per heavy atom. The molecule has 1 heterocycles. The number of rotatable bonds is 3. The van der Waals surface area contributed by atoms with Crippen LogP contribution in [-0.2, 0) is 18.3 Å². The smallest absolute Gasteiger partial charge is 0.163 e. The van der Waals surface area contributed by atoms with Gasteiger partial charge in [-0.15, -0.1) is 0 Å². The van der Waals surface area contributed by atoms with Gasteiger partial charge < -0.3 is 4.57 Å². The highest BCUT2D eigenvalue weighted by atomic mass is 16.1. The van der Waals surface area contributed by atoms with Gasteiger partial charge in [-0.1, -0.05) is 17.7 Å². The summed E-state index contributed by atoms with van der Waals surface area (Å²) < 4.78 is 1.98. The average Bonchev–Trinajstić information content (AvgIpc) is 2.55. The standard InChI is InChI=1S/C14H16N2O/c1-10(2)8-11(17)9-14-15-12-6-4-5-7-13(12)16(14)3/h4-8H,9H2,1-3H3.